The van der Waals surface area contributed by atoms with Gasteiger partial charge in [-0.3, -0.25) is 9.00 Å². The van der Waals surface area contributed by atoms with Crippen molar-refractivity contribution in [3.63, 3.8) is 0 Å². The van der Waals surface area contributed by atoms with E-state index in [1.807, 2.05) is 24.3 Å². The molecule has 0 aliphatic carbocycles. The van der Waals surface area contributed by atoms with Crippen molar-refractivity contribution < 1.29 is 9.00 Å². The normalized spacial score (nSPS) is 12.1. The number of ketones is 1. The highest BCUT2D eigenvalue weighted by molar-refractivity contribution is 9.10. The maximum absolute atomic E-state index is 12.0. The van der Waals surface area contributed by atoms with Gasteiger partial charge >= 0.3 is 0 Å². The predicted molar refractivity (Wildman–Crippen MR) is 76.2 cm³/mol. The lowest BCUT2D eigenvalue weighted by Gasteiger charge is -2.02. The molecule has 0 aromatic heterocycles. The Bertz CT molecular complexity index is 581. The Labute approximate surface area is 117 Å². The molecule has 2 aromatic rings. The minimum absolute atomic E-state index is 0.0144. The number of hydrogen-bond donors (Lipinski definition) is 0. The zero-order valence-electron chi connectivity index (χ0n) is 9.51. The number of benzene rings is 2. The van der Waals surface area contributed by atoms with Gasteiger partial charge in [-0.1, -0.05) is 46.3 Å². The van der Waals surface area contributed by atoms with Crippen molar-refractivity contribution in [1.29, 1.82) is 0 Å². The molecule has 1 atom stereocenters. The molecule has 0 fully saturated rings. The summed E-state index contributed by atoms with van der Waals surface area (Å²) in [6.45, 7) is 0. The fraction of sp³-hybridized carbons (Fsp3) is 0.0714. The van der Waals surface area contributed by atoms with Crippen LogP contribution in [-0.4, -0.2) is 15.7 Å². The van der Waals surface area contributed by atoms with E-state index in [1.165, 1.54) is 0 Å². The predicted octanol–water partition coefficient (Wildman–Crippen LogP) is 3.44. The van der Waals surface area contributed by atoms with Crippen LogP contribution < -0.4 is 0 Å². The van der Waals surface area contributed by atoms with E-state index < -0.39 is 10.8 Å². The molecule has 1 unspecified atom stereocenters. The largest absolute Gasteiger partial charge is 0.293 e. The lowest BCUT2D eigenvalue weighted by Crippen LogP contribution is -2.11. The van der Waals surface area contributed by atoms with Crippen molar-refractivity contribution >= 4 is 32.5 Å². The van der Waals surface area contributed by atoms with Gasteiger partial charge in [0.2, 0.25) is 0 Å². The quantitative estimate of drug-likeness (QED) is 0.808. The van der Waals surface area contributed by atoms with E-state index in [0.717, 1.165) is 4.47 Å². The smallest absolute Gasteiger partial charge is 0.175 e. The highest BCUT2D eigenvalue weighted by Gasteiger charge is 2.12. The molecular weight excluding hydrogens is 312 g/mol. The molecule has 0 aliphatic heterocycles. The Balaban J connectivity index is 2.11. The van der Waals surface area contributed by atoms with Crippen molar-refractivity contribution in [1.82, 2.24) is 0 Å². The molecule has 2 aromatic carbocycles. The van der Waals surface area contributed by atoms with Crippen molar-refractivity contribution in [2.24, 2.45) is 0 Å². The van der Waals surface area contributed by atoms with Crippen LogP contribution >= 0.6 is 15.9 Å². The van der Waals surface area contributed by atoms with Gasteiger partial charge in [0, 0.05) is 14.9 Å². The van der Waals surface area contributed by atoms with Crippen molar-refractivity contribution in [2.45, 2.75) is 4.90 Å². The number of halogens is 1. The number of carbonyl (C=O) groups excluding carboxylic acids is 1. The average molecular weight is 323 g/mol. The molecule has 0 aliphatic rings. The van der Waals surface area contributed by atoms with Crippen LogP contribution in [0.3, 0.4) is 0 Å². The molecule has 4 heteroatoms. The van der Waals surface area contributed by atoms with Crippen molar-refractivity contribution in [2.75, 3.05) is 5.75 Å². The molecule has 2 nitrogen and oxygen atoms in total. The molecule has 0 bridgehead atoms. The van der Waals surface area contributed by atoms with Gasteiger partial charge in [-0.2, -0.15) is 0 Å². The van der Waals surface area contributed by atoms with Crippen molar-refractivity contribution in [3.8, 4) is 0 Å². The zero-order valence-corrected chi connectivity index (χ0v) is 11.9. The first-order chi connectivity index (χ1) is 8.66. The van der Waals surface area contributed by atoms with Crippen LogP contribution in [0.2, 0.25) is 0 Å². The van der Waals surface area contributed by atoms with Gasteiger partial charge in [0.1, 0.15) is 0 Å². The Hall–Kier alpha value is -1.26. The third-order valence-electron chi connectivity index (χ3n) is 2.41. The van der Waals surface area contributed by atoms with Crippen LogP contribution in [0.15, 0.2) is 64.0 Å². The molecule has 0 N–H and O–H groups in total. The van der Waals surface area contributed by atoms with Gasteiger partial charge in [-0.15, -0.1) is 0 Å². The van der Waals surface area contributed by atoms with E-state index in [2.05, 4.69) is 15.9 Å². The van der Waals surface area contributed by atoms with Crippen LogP contribution in [0.25, 0.3) is 0 Å². The molecule has 0 amide bonds. The first-order valence-corrected chi connectivity index (χ1v) is 7.50. The van der Waals surface area contributed by atoms with Gasteiger partial charge in [0.05, 0.1) is 16.6 Å². The van der Waals surface area contributed by atoms with E-state index >= 15 is 0 Å². The summed E-state index contributed by atoms with van der Waals surface area (Å²) < 4.78 is 12.8. The summed E-state index contributed by atoms with van der Waals surface area (Å²) in [5.74, 6) is -0.0982. The first-order valence-electron chi connectivity index (χ1n) is 5.39. The second kappa shape index (κ2) is 6.07. The van der Waals surface area contributed by atoms with E-state index in [4.69, 9.17) is 0 Å². The second-order valence-corrected chi connectivity index (χ2v) is 6.10. The van der Waals surface area contributed by atoms with E-state index in [9.17, 15) is 9.00 Å². The van der Waals surface area contributed by atoms with Crippen LogP contribution in [0.1, 0.15) is 10.4 Å². The SMILES string of the molecule is O=C(CS(=O)c1ccccc1)c1cccc(Br)c1. The lowest BCUT2D eigenvalue weighted by molar-refractivity contribution is 0.102. The Morgan fingerprint density at radius 2 is 1.78 bits per heavy atom. The second-order valence-electron chi connectivity index (χ2n) is 3.74. The van der Waals surface area contributed by atoms with Crippen LogP contribution in [0, 0.1) is 0 Å². The van der Waals surface area contributed by atoms with E-state index in [1.54, 1.807) is 30.3 Å². The third kappa shape index (κ3) is 3.37. The maximum Gasteiger partial charge on any atom is 0.175 e. The fourth-order valence-corrected chi connectivity index (χ4v) is 2.95. The van der Waals surface area contributed by atoms with Gasteiger partial charge in [-0.05, 0) is 24.3 Å². The lowest BCUT2D eigenvalue weighted by atomic mass is 10.2. The Morgan fingerprint density at radius 1 is 1.06 bits per heavy atom. The highest BCUT2D eigenvalue weighted by Crippen LogP contribution is 2.14. The minimum Gasteiger partial charge on any atom is -0.293 e. The van der Waals surface area contributed by atoms with Crippen LogP contribution in [0.5, 0.6) is 0 Å². The summed E-state index contributed by atoms with van der Waals surface area (Å²) in [6, 6.07) is 16.1. The molecule has 0 saturated heterocycles. The fourth-order valence-electron chi connectivity index (χ4n) is 1.52. The Kier molecular flexibility index (Phi) is 4.44. The standard InChI is InChI=1S/C14H11BrO2S/c15-12-6-4-5-11(9-12)14(16)10-18(17)13-7-2-1-3-8-13/h1-9H,10H2. The minimum atomic E-state index is -1.29. The summed E-state index contributed by atoms with van der Waals surface area (Å²) in [6.07, 6.45) is 0. The monoisotopic (exact) mass is 322 g/mol. The molecule has 0 spiro atoms. The summed E-state index contributed by atoms with van der Waals surface area (Å²) in [5, 5.41) is 0. The molecule has 18 heavy (non-hydrogen) atoms. The number of Topliss-reactive ketones (excluding diaryl/α,β-unsaturated/α-hetero) is 1. The average Bonchev–Trinajstić information content (AvgIpc) is 2.39. The molecule has 0 saturated carbocycles. The topological polar surface area (TPSA) is 34.1 Å². The maximum atomic E-state index is 12.0. The van der Waals surface area contributed by atoms with Crippen LogP contribution in [-0.2, 0) is 10.8 Å². The summed E-state index contributed by atoms with van der Waals surface area (Å²) in [5.41, 5.74) is 0.577. The van der Waals surface area contributed by atoms with Gasteiger partial charge in [-0.25, -0.2) is 0 Å². The first kappa shape index (κ1) is 13.2. The number of hydrogen-bond acceptors (Lipinski definition) is 2. The molecular formula is C14H11BrO2S. The number of carbonyl (C=O) groups is 1. The van der Waals surface area contributed by atoms with Gasteiger partial charge in [0.15, 0.2) is 5.78 Å². The zero-order chi connectivity index (χ0) is 13.0. The van der Waals surface area contributed by atoms with E-state index in [-0.39, 0.29) is 11.5 Å². The summed E-state index contributed by atoms with van der Waals surface area (Å²) in [7, 11) is -1.29. The van der Waals surface area contributed by atoms with E-state index in [0.29, 0.717) is 10.5 Å². The number of rotatable bonds is 4. The summed E-state index contributed by atoms with van der Waals surface area (Å²) >= 11 is 3.31. The van der Waals surface area contributed by atoms with Gasteiger partial charge < -0.3 is 0 Å². The summed E-state index contributed by atoms with van der Waals surface area (Å²) in [4.78, 5) is 12.6. The Morgan fingerprint density at radius 3 is 2.44 bits per heavy atom. The van der Waals surface area contributed by atoms with Crippen molar-refractivity contribution in [3.05, 3.63) is 64.6 Å². The van der Waals surface area contributed by atoms with Crippen LogP contribution in [0.4, 0.5) is 0 Å². The highest BCUT2D eigenvalue weighted by atomic mass is 79.9. The molecule has 2 rings (SSSR count). The molecule has 92 valence electrons. The molecule has 0 radical (unpaired) electrons. The molecule has 0 heterocycles. The van der Waals surface area contributed by atoms with Gasteiger partial charge in [0.25, 0.3) is 0 Å². The third-order valence-corrected chi connectivity index (χ3v) is 4.23.